The molecule has 0 aromatic heterocycles. The summed E-state index contributed by atoms with van der Waals surface area (Å²) < 4.78 is 0. The first-order chi connectivity index (χ1) is 15.6. The molecule has 32 heavy (non-hydrogen) atoms. The van der Waals surface area contributed by atoms with Crippen LogP contribution in [0.3, 0.4) is 0 Å². The maximum Gasteiger partial charge on any atom is 0.150 e. The van der Waals surface area contributed by atoms with Gasteiger partial charge in [0.15, 0.2) is 0 Å². The van der Waals surface area contributed by atoms with Crippen molar-refractivity contribution >= 4 is 47.6 Å². The maximum atomic E-state index is 11.0. The van der Waals surface area contributed by atoms with Crippen molar-refractivity contribution in [3.63, 3.8) is 0 Å². The van der Waals surface area contributed by atoms with Crippen LogP contribution in [0.1, 0.15) is 54.1 Å². The Morgan fingerprint density at radius 3 is 1.38 bits per heavy atom. The lowest BCUT2D eigenvalue weighted by atomic mass is 9.96. The van der Waals surface area contributed by atoms with E-state index in [-0.39, 0.29) is 0 Å². The molecule has 0 saturated carbocycles. The van der Waals surface area contributed by atoms with E-state index < -0.39 is 0 Å². The average Bonchev–Trinajstić information content (AvgIpc) is 2.82. The average molecular weight is 417 g/mol. The van der Waals surface area contributed by atoms with E-state index in [0.29, 0.717) is 11.1 Å². The zero-order valence-corrected chi connectivity index (χ0v) is 18.2. The molecule has 4 rings (SSSR count). The van der Waals surface area contributed by atoms with Crippen LogP contribution in [0, 0.1) is 13.8 Å². The van der Waals surface area contributed by atoms with Crippen molar-refractivity contribution < 1.29 is 9.59 Å². The minimum absolute atomic E-state index is 0.689. The highest BCUT2D eigenvalue weighted by Crippen LogP contribution is 2.27. The fourth-order valence-electron chi connectivity index (χ4n) is 3.96. The van der Waals surface area contributed by atoms with E-state index in [1.807, 2.05) is 50.2 Å². The SMILES string of the molecule is Cc1cc(C=O)ccc1/C=C/c1cccc2cccc(/C=C/c3ccc(C=O)cc3C)c12. The number of carbonyl (C=O) groups excluding carboxylic acids is 2. The summed E-state index contributed by atoms with van der Waals surface area (Å²) in [6.07, 6.45) is 10.2. The van der Waals surface area contributed by atoms with Crippen LogP contribution in [0.15, 0.2) is 72.8 Å². The predicted molar refractivity (Wildman–Crippen MR) is 135 cm³/mol. The van der Waals surface area contributed by atoms with E-state index in [9.17, 15) is 9.59 Å². The van der Waals surface area contributed by atoms with Gasteiger partial charge in [-0.05, 0) is 70.1 Å². The molecule has 0 aliphatic carbocycles. The fraction of sp³-hybridized carbons (Fsp3) is 0.0667. The maximum absolute atomic E-state index is 11.0. The Labute approximate surface area is 188 Å². The third-order valence-corrected chi connectivity index (χ3v) is 5.71. The second kappa shape index (κ2) is 9.40. The van der Waals surface area contributed by atoms with Crippen LogP contribution in [-0.2, 0) is 0 Å². The normalized spacial score (nSPS) is 11.4. The van der Waals surface area contributed by atoms with Gasteiger partial charge in [0, 0.05) is 11.1 Å². The van der Waals surface area contributed by atoms with Crippen LogP contribution in [0.25, 0.3) is 35.1 Å². The lowest BCUT2D eigenvalue weighted by Crippen LogP contribution is -1.87. The van der Waals surface area contributed by atoms with Crippen molar-refractivity contribution in [1.29, 1.82) is 0 Å². The molecule has 0 N–H and O–H groups in total. The van der Waals surface area contributed by atoms with Gasteiger partial charge in [0.1, 0.15) is 12.6 Å². The summed E-state index contributed by atoms with van der Waals surface area (Å²) in [6.45, 7) is 4.03. The molecule has 0 aliphatic rings. The monoisotopic (exact) mass is 416 g/mol. The van der Waals surface area contributed by atoms with E-state index >= 15 is 0 Å². The van der Waals surface area contributed by atoms with Crippen molar-refractivity contribution in [2.75, 3.05) is 0 Å². The number of carbonyl (C=O) groups is 2. The Bertz CT molecular complexity index is 1270. The van der Waals surface area contributed by atoms with Crippen molar-refractivity contribution in [2.24, 2.45) is 0 Å². The first-order valence-electron chi connectivity index (χ1n) is 10.6. The van der Waals surface area contributed by atoms with Gasteiger partial charge in [-0.3, -0.25) is 9.59 Å². The number of hydrogen-bond donors (Lipinski definition) is 0. The zero-order valence-electron chi connectivity index (χ0n) is 18.2. The summed E-state index contributed by atoms with van der Waals surface area (Å²) in [5.41, 5.74) is 7.96. The molecule has 4 aromatic carbocycles. The molecule has 0 aliphatic heterocycles. The van der Waals surface area contributed by atoms with Gasteiger partial charge in [0.25, 0.3) is 0 Å². The highest BCUT2D eigenvalue weighted by Gasteiger charge is 2.04. The molecule has 0 bridgehead atoms. The zero-order chi connectivity index (χ0) is 22.5. The van der Waals surface area contributed by atoms with Crippen LogP contribution in [0.4, 0.5) is 0 Å². The Kier molecular flexibility index (Phi) is 6.23. The largest absolute Gasteiger partial charge is 0.298 e. The molecule has 156 valence electrons. The topological polar surface area (TPSA) is 34.1 Å². The first-order valence-corrected chi connectivity index (χ1v) is 10.6. The molecule has 2 nitrogen and oxygen atoms in total. The smallest absolute Gasteiger partial charge is 0.150 e. The van der Waals surface area contributed by atoms with Gasteiger partial charge in [-0.1, -0.05) is 85.0 Å². The Hall–Kier alpha value is -4.04. The molecule has 0 saturated heterocycles. The molecule has 0 spiro atoms. The van der Waals surface area contributed by atoms with Crippen LogP contribution in [0.5, 0.6) is 0 Å². The van der Waals surface area contributed by atoms with Crippen molar-refractivity contribution in [3.05, 3.63) is 117 Å². The molecule has 0 amide bonds. The van der Waals surface area contributed by atoms with E-state index in [2.05, 4.69) is 60.7 Å². The summed E-state index contributed by atoms with van der Waals surface area (Å²) in [6, 6.07) is 24.1. The minimum atomic E-state index is 0.689. The molecule has 4 aromatic rings. The second-order valence-corrected chi connectivity index (χ2v) is 7.93. The predicted octanol–water partition coefficient (Wildman–Crippen LogP) is 7.42. The fourth-order valence-corrected chi connectivity index (χ4v) is 3.96. The van der Waals surface area contributed by atoms with Gasteiger partial charge >= 0.3 is 0 Å². The molecular weight excluding hydrogens is 392 g/mol. The molecule has 0 unspecified atom stereocenters. The lowest BCUT2D eigenvalue weighted by molar-refractivity contribution is 0.111. The first kappa shape index (κ1) is 21.2. The lowest BCUT2D eigenvalue weighted by Gasteiger charge is -2.08. The van der Waals surface area contributed by atoms with Gasteiger partial charge in [-0.2, -0.15) is 0 Å². The third-order valence-electron chi connectivity index (χ3n) is 5.71. The van der Waals surface area contributed by atoms with Gasteiger partial charge in [0.2, 0.25) is 0 Å². The van der Waals surface area contributed by atoms with Gasteiger partial charge in [-0.15, -0.1) is 0 Å². The molecular formula is C30H24O2. The van der Waals surface area contributed by atoms with Gasteiger partial charge in [0.05, 0.1) is 0 Å². The van der Waals surface area contributed by atoms with Crippen LogP contribution in [-0.4, -0.2) is 12.6 Å². The van der Waals surface area contributed by atoms with Crippen LogP contribution in [0.2, 0.25) is 0 Å². The van der Waals surface area contributed by atoms with Crippen molar-refractivity contribution in [1.82, 2.24) is 0 Å². The van der Waals surface area contributed by atoms with E-state index in [1.165, 1.54) is 10.8 Å². The van der Waals surface area contributed by atoms with Gasteiger partial charge < -0.3 is 0 Å². The van der Waals surface area contributed by atoms with E-state index in [1.54, 1.807) is 0 Å². The number of hydrogen-bond acceptors (Lipinski definition) is 2. The standard InChI is InChI=1S/C30H24O2/c1-21-17-23(19-31)9-11-25(21)13-15-28-7-3-5-27-6-4-8-29(30(27)28)16-14-26-12-10-24(20-32)18-22(26)2/h3-20H,1-2H3/b15-13+,16-14+. The number of aldehydes is 2. The highest BCUT2D eigenvalue weighted by atomic mass is 16.1. The number of rotatable bonds is 6. The van der Waals surface area contributed by atoms with Crippen LogP contribution < -0.4 is 0 Å². The van der Waals surface area contributed by atoms with Crippen molar-refractivity contribution in [2.45, 2.75) is 13.8 Å². The summed E-state index contributed by atoms with van der Waals surface area (Å²) in [5.74, 6) is 0. The molecule has 0 atom stereocenters. The third kappa shape index (κ3) is 4.50. The summed E-state index contributed by atoms with van der Waals surface area (Å²) >= 11 is 0. The second-order valence-electron chi connectivity index (χ2n) is 7.93. The number of aryl methyl sites for hydroxylation is 2. The Balaban J connectivity index is 1.74. The Morgan fingerprint density at radius 1 is 0.531 bits per heavy atom. The van der Waals surface area contributed by atoms with Gasteiger partial charge in [-0.25, -0.2) is 0 Å². The molecule has 2 heteroatoms. The summed E-state index contributed by atoms with van der Waals surface area (Å²) in [5, 5.41) is 2.36. The number of fused-ring (bicyclic) bond motifs is 1. The molecule has 0 fully saturated rings. The highest BCUT2D eigenvalue weighted by molar-refractivity contribution is 6.00. The number of benzene rings is 4. The Morgan fingerprint density at radius 2 is 0.969 bits per heavy atom. The van der Waals surface area contributed by atoms with Crippen LogP contribution >= 0.6 is 0 Å². The van der Waals surface area contributed by atoms with Crippen molar-refractivity contribution in [3.8, 4) is 0 Å². The summed E-state index contributed by atoms with van der Waals surface area (Å²) in [4.78, 5) is 22.0. The minimum Gasteiger partial charge on any atom is -0.298 e. The molecule has 0 radical (unpaired) electrons. The van der Waals surface area contributed by atoms with E-state index in [4.69, 9.17) is 0 Å². The summed E-state index contributed by atoms with van der Waals surface area (Å²) in [7, 11) is 0. The quantitative estimate of drug-likeness (QED) is 0.242. The molecule has 0 heterocycles. The van der Waals surface area contributed by atoms with E-state index in [0.717, 1.165) is 46.0 Å².